The van der Waals surface area contributed by atoms with Crippen molar-refractivity contribution in [3.05, 3.63) is 29.3 Å². The Hall–Kier alpha value is -1.55. The van der Waals surface area contributed by atoms with E-state index in [1.54, 1.807) is 4.90 Å². The van der Waals surface area contributed by atoms with Crippen molar-refractivity contribution in [2.45, 2.75) is 6.42 Å². The molecule has 0 aliphatic carbocycles. The van der Waals surface area contributed by atoms with Crippen molar-refractivity contribution < 1.29 is 4.79 Å². The number of piperazine rings is 1. The molecule has 1 aromatic carbocycles. The van der Waals surface area contributed by atoms with Gasteiger partial charge in [0.1, 0.15) is 0 Å². The van der Waals surface area contributed by atoms with Crippen LogP contribution >= 0.6 is 0 Å². The Kier molecular flexibility index (Phi) is 2.96. The van der Waals surface area contributed by atoms with E-state index in [0.717, 1.165) is 44.7 Å². The number of carbonyl (C=O) groups excluding carboxylic acids is 1. The van der Waals surface area contributed by atoms with Crippen LogP contribution in [0.15, 0.2) is 18.2 Å². The molecule has 4 heteroatoms. The molecule has 2 aliphatic heterocycles. The Balaban J connectivity index is 1.89. The molecule has 1 fully saturated rings. The fraction of sp³-hybridized carbons (Fsp3) is 0.500. The molecule has 4 nitrogen and oxygen atoms in total. The molecule has 1 amide bonds. The molecular weight excluding hydrogens is 226 g/mol. The minimum Gasteiger partial charge on any atom is -0.369 e. The van der Waals surface area contributed by atoms with Crippen LogP contribution in [0, 0.1) is 0 Å². The van der Waals surface area contributed by atoms with Crippen molar-refractivity contribution in [1.82, 2.24) is 10.2 Å². The van der Waals surface area contributed by atoms with Crippen LogP contribution in [0.25, 0.3) is 0 Å². The normalized spacial score (nSPS) is 19.9. The molecule has 0 spiro atoms. The molecule has 2 heterocycles. The van der Waals surface area contributed by atoms with E-state index in [9.17, 15) is 4.79 Å². The molecule has 3 rings (SSSR count). The Morgan fingerprint density at radius 3 is 2.72 bits per heavy atom. The highest BCUT2D eigenvalue weighted by Crippen LogP contribution is 2.24. The third-order valence-electron chi connectivity index (χ3n) is 3.86. The van der Waals surface area contributed by atoms with Crippen LogP contribution in [0.1, 0.15) is 15.9 Å². The minimum atomic E-state index is 0.156. The molecule has 1 N–H and O–H groups in total. The Morgan fingerprint density at radius 2 is 1.94 bits per heavy atom. The van der Waals surface area contributed by atoms with E-state index < -0.39 is 0 Å². The summed E-state index contributed by atoms with van der Waals surface area (Å²) in [7, 11) is 1.87. The van der Waals surface area contributed by atoms with Crippen molar-refractivity contribution in [2.75, 3.05) is 44.7 Å². The maximum Gasteiger partial charge on any atom is 0.253 e. The summed E-state index contributed by atoms with van der Waals surface area (Å²) in [6, 6.07) is 6.28. The van der Waals surface area contributed by atoms with Gasteiger partial charge in [0, 0.05) is 51.0 Å². The summed E-state index contributed by atoms with van der Waals surface area (Å²) in [6.07, 6.45) is 0.970. The third kappa shape index (κ3) is 1.97. The van der Waals surface area contributed by atoms with Gasteiger partial charge in [-0.25, -0.2) is 0 Å². The number of hydrogen-bond acceptors (Lipinski definition) is 3. The van der Waals surface area contributed by atoms with E-state index in [-0.39, 0.29) is 5.91 Å². The lowest BCUT2D eigenvalue weighted by Gasteiger charge is -2.31. The van der Waals surface area contributed by atoms with Crippen LogP contribution < -0.4 is 10.2 Å². The standard InChI is InChI=1S/C14H19N3O/c1-16-7-4-11-10-12(2-3-13(11)14(16)18)17-8-5-15-6-9-17/h2-3,10,15H,4-9H2,1H3. The first-order valence-electron chi connectivity index (χ1n) is 6.60. The highest BCUT2D eigenvalue weighted by molar-refractivity contribution is 5.97. The zero-order valence-electron chi connectivity index (χ0n) is 10.8. The van der Waals surface area contributed by atoms with E-state index in [1.807, 2.05) is 13.1 Å². The smallest absolute Gasteiger partial charge is 0.253 e. The van der Waals surface area contributed by atoms with Gasteiger partial charge >= 0.3 is 0 Å². The lowest BCUT2D eigenvalue weighted by atomic mass is 9.98. The highest BCUT2D eigenvalue weighted by atomic mass is 16.2. The van der Waals surface area contributed by atoms with Crippen molar-refractivity contribution in [3.63, 3.8) is 0 Å². The Labute approximate surface area is 108 Å². The first-order valence-corrected chi connectivity index (χ1v) is 6.60. The van der Waals surface area contributed by atoms with Gasteiger partial charge in [0.25, 0.3) is 5.91 Å². The van der Waals surface area contributed by atoms with E-state index in [2.05, 4.69) is 22.3 Å². The predicted octanol–water partition coefficient (Wildman–Crippen LogP) is 0.724. The van der Waals surface area contributed by atoms with E-state index in [0.29, 0.717) is 0 Å². The van der Waals surface area contributed by atoms with Crippen LogP contribution in [0.2, 0.25) is 0 Å². The van der Waals surface area contributed by atoms with Gasteiger partial charge in [0.2, 0.25) is 0 Å². The number of nitrogens with one attached hydrogen (secondary N) is 1. The maximum atomic E-state index is 12.0. The zero-order valence-corrected chi connectivity index (χ0v) is 10.8. The van der Waals surface area contributed by atoms with E-state index in [1.165, 1.54) is 11.3 Å². The van der Waals surface area contributed by atoms with E-state index in [4.69, 9.17) is 0 Å². The summed E-state index contributed by atoms with van der Waals surface area (Å²) in [5.41, 5.74) is 3.34. The average molecular weight is 245 g/mol. The largest absolute Gasteiger partial charge is 0.369 e. The second-order valence-electron chi connectivity index (χ2n) is 5.06. The van der Waals surface area contributed by atoms with Gasteiger partial charge in [-0.05, 0) is 30.2 Å². The summed E-state index contributed by atoms with van der Waals surface area (Å²) >= 11 is 0. The molecule has 1 aromatic rings. The molecule has 0 saturated carbocycles. The number of nitrogens with zero attached hydrogens (tertiary/aromatic N) is 2. The number of anilines is 1. The molecule has 2 aliphatic rings. The van der Waals surface area contributed by atoms with Gasteiger partial charge < -0.3 is 15.1 Å². The summed E-state index contributed by atoms with van der Waals surface area (Å²) in [4.78, 5) is 16.2. The highest BCUT2D eigenvalue weighted by Gasteiger charge is 2.22. The Bertz CT molecular complexity index is 466. The molecule has 0 bridgehead atoms. The molecule has 18 heavy (non-hydrogen) atoms. The number of rotatable bonds is 1. The zero-order chi connectivity index (χ0) is 12.5. The van der Waals surface area contributed by atoms with Crippen LogP contribution in [-0.4, -0.2) is 50.6 Å². The van der Waals surface area contributed by atoms with Crippen LogP contribution in [-0.2, 0) is 6.42 Å². The van der Waals surface area contributed by atoms with E-state index >= 15 is 0 Å². The van der Waals surface area contributed by atoms with Gasteiger partial charge in [0.05, 0.1) is 0 Å². The number of carbonyl (C=O) groups is 1. The number of fused-ring (bicyclic) bond motifs is 1. The topological polar surface area (TPSA) is 35.6 Å². The molecule has 0 atom stereocenters. The lowest BCUT2D eigenvalue weighted by Crippen LogP contribution is -2.43. The molecule has 96 valence electrons. The molecule has 0 radical (unpaired) electrons. The number of benzene rings is 1. The summed E-state index contributed by atoms with van der Waals surface area (Å²) in [5.74, 6) is 0.156. The quantitative estimate of drug-likeness (QED) is 0.792. The third-order valence-corrected chi connectivity index (χ3v) is 3.86. The van der Waals surface area contributed by atoms with Gasteiger partial charge in [-0.3, -0.25) is 4.79 Å². The fourth-order valence-electron chi connectivity index (χ4n) is 2.71. The summed E-state index contributed by atoms with van der Waals surface area (Å²) in [5, 5.41) is 3.36. The molecule has 0 aromatic heterocycles. The van der Waals surface area contributed by atoms with Crippen LogP contribution in [0.4, 0.5) is 5.69 Å². The number of likely N-dealkylation sites (N-methyl/N-ethyl adjacent to an activating group) is 1. The lowest BCUT2D eigenvalue weighted by molar-refractivity contribution is 0.0781. The second kappa shape index (κ2) is 4.61. The summed E-state index contributed by atoms with van der Waals surface area (Å²) < 4.78 is 0. The van der Waals surface area contributed by atoms with Gasteiger partial charge in [-0.1, -0.05) is 0 Å². The van der Waals surface area contributed by atoms with Gasteiger partial charge in [-0.2, -0.15) is 0 Å². The van der Waals surface area contributed by atoms with Gasteiger partial charge in [-0.15, -0.1) is 0 Å². The number of amides is 1. The van der Waals surface area contributed by atoms with Crippen LogP contribution in [0.5, 0.6) is 0 Å². The summed E-state index contributed by atoms with van der Waals surface area (Å²) in [6.45, 7) is 5.01. The average Bonchev–Trinajstić information content (AvgIpc) is 2.44. The predicted molar refractivity (Wildman–Crippen MR) is 72.2 cm³/mol. The first kappa shape index (κ1) is 11.5. The van der Waals surface area contributed by atoms with Crippen molar-refractivity contribution in [1.29, 1.82) is 0 Å². The van der Waals surface area contributed by atoms with Crippen molar-refractivity contribution in [2.24, 2.45) is 0 Å². The fourth-order valence-corrected chi connectivity index (χ4v) is 2.71. The van der Waals surface area contributed by atoms with Crippen molar-refractivity contribution >= 4 is 11.6 Å². The minimum absolute atomic E-state index is 0.156. The Morgan fingerprint density at radius 1 is 1.17 bits per heavy atom. The first-order chi connectivity index (χ1) is 8.75. The van der Waals surface area contributed by atoms with Crippen LogP contribution in [0.3, 0.4) is 0 Å². The molecule has 1 saturated heterocycles. The number of hydrogen-bond donors (Lipinski definition) is 1. The molecule has 0 unspecified atom stereocenters. The SMILES string of the molecule is CN1CCc2cc(N3CCNCC3)ccc2C1=O. The van der Waals surface area contributed by atoms with Gasteiger partial charge in [0.15, 0.2) is 0 Å². The molecular formula is C14H19N3O. The van der Waals surface area contributed by atoms with Crippen molar-refractivity contribution in [3.8, 4) is 0 Å². The monoisotopic (exact) mass is 245 g/mol. The second-order valence-corrected chi connectivity index (χ2v) is 5.06. The maximum absolute atomic E-state index is 12.0.